The number of nitrogens with zero attached hydrogens (tertiary/aromatic N) is 8. The van der Waals surface area contributed by atoms with Crippen molar-refractivity contribution < 1.29 is 75.1 Å². The van der Waals surface area contributed by atoms with Crippen molar-refractivity contribution >= 4 is 111 Å². The predicted octanol–water partition coefficient (Wildman–Crippen LogP) is 3.00. The number of phosphoric ester groups is 2. The molecule has 4 aliphatic rings. The number of imidazole rings is 2. The molecule has 4 fully saturated rings. The van der Waals surface area contributed by atoms with Crippen LogP contribution in [0.4, 0.5) is 11.6 Å². The molecule has 0 spiro atoms. The molecule has 65 heavy (non-hydrogen) atoms. The molecule has 29 heteroatoms. The molecule has 4 aromatic heterocycles. The molecule has 10 atom stereocenters. The molecule has 2 radical (unpaired) electrons. The van der Waals surface area contributed by atoms with Crippen LogP contribution < -0.4 is 10.6 Å². The van der Waals surface area contributed by atoms with Gasteiger partial charge >= 0.3 is 27.6 Å². The van der Waals surface area contributed by atoms with Gasteiger partial charge in [-0.05, 0) is 25.7 Å². The number of carbonyl (C=O) groups is 4. The Morgan fingerprint density at radius 1 is 0.646 bits per heavy atom. The van der Waals surface area contributed by atoms with Crippen molar-refractivity contribution in [2.24, 2.45) is 0 Å². The monoisotopic (exact) mass is 978 g/mol. The Hall–Kier alpha value is -3.62. The number of fused-ring (bicyclic) bond motifs is 4. The molecule has 4 aromatic rings. The van der Waals surface area contributed by atoms with Crippen LogP contribution in [0.5, 0.6) is 0 Å². The Morgan fingerprint density at radius 2 is 1.03 bits per heavy atom. The molecular weight excluding hydrogens is 930 g/mol. The van der Waals surface area contributed by atoms with Crippen molar-refractivity contribution in [1.29, 1.82) is 0 Å². The van der Waals surface area contributed by atoms with E-state index in [1.165, 1.54) is 34.4 Å². The van der Waals surface area contributed by atoms with Gasteiger partial charge < -0.3 is 39.4 Å². The van der Waals surface area contributed by atoms with E-state index in [4.69, 9.17) is 37.0 Å². The first kappa shape index (κ1) is 50.8. The van der Waals surface area contributed by atoms with Gasteiger partial charge in [-0.1, -0.05) is 27.7 Å². The SMILES string of the molecule is CCCC(=O)Nc1ncnc2c1ncn2C1OC2COP(=O)(O)OC2C1OC(=O)CCC.CCCC(=O)Nc1ncnc2c1ncn2C1OC2COP(=O)(O)OC2C1OC(=O)CCC.[Ca]. The summed E-state index contributed by atoms with van der Waals surface area (Å²) in [5, 5.41) is 5.41. The maximum Gasteiger partial charge on any atom is 0.472 e. The molecular formula is C36H48CaN10O16P2. The zero-order valence-corrected chi connectivity index (χ0v) is 39.8. The number of nitrogens with one attached hydrogen (secondary N) is 2. The minimum absolute atomic E-state index is 0. The summed E-state index contributed by atoms with van der Waals surface area (Å²) >= 11 is 0. The predicted molar refractivity (Wildman–Crippen MR) is 222 cm³/mol. The summed E-state index contributed by atoms with van der Waals surface area (Å²) in [7, 11) is -8.61. The van der Waals surface area contributed by atoms with Gasteiger partial charge in [-0.25, -0.2) is 39.0 Å². The van der Waals surface area contributed by atoms with E-state index >= 15 is 0 Å². The molecule has 0 aliphatic carbocycles. The average molecular weight is 979 g/mol. The van der Waals surface area contributed by atoms with Crippen molar-refractivity contribution in [2.75, 3.05) is 23.8 Å². The van der Waals surface area contributed by atoms with E-state index in [1.54, 1.807) is 0 Å². The molecule has 0 saturated carbocycles. The van der Waals surface area contributed by atoms with Crippen molar-refractivity contribution in [3.8, 4) is 0 Å². The second-order valence-electron chi connectivity index (χ2n) is 14.9. The summed E-state index contributed by atoms with van der Waals surface area (Å²) in [6, 6.07) is 0. The van der Waals surface area contributed by atoms with Gasteiger partial charge in [0, 0.05) is 63.4 Å². The van der Waals surface area contributed by atoms with E-state index < -0.39 is 76.7 Å². The third kappa shape index (κ3) is 11.7. The molecule has 4 saturated heterocycles. The summed E-state index contributed by atoms with van der Waals surface area (Å²) in [6.45, 7) is 7.01. The van der Waals surface area contributed by atoms with E-state index in [0.717, 1.165) is 0 Å². The van der Waals surface area contributed by atoms with Gasteiger partial charge in [0.15, 0.2) is 58.6 Å². The number of hydrogen-bond acceptors (Lipinski definition) is 20. The van der Waals surface area contributed by atoms with Crippen molar-refractivity contribution in [3.05, 3.63) is 25.3 Å². The molecule has 8 heterocycles. The van der Waals surface area contributed by atoms with Crippen LogP contribution in [-0.2, 0) is 65.4 Å². The van der Waals surface area contributed by atoms with Crippen LogP contribution in [0.3, 0.4) is 0 Å². The number of amides is 2. The van der Waals surface area contributed by atoms with E-state index in [0.29, 0.717) is 60.9 Å². The van der Waals surface area contributed by atoms with Gasteiger partial charge in [-0.3, -0.25) is 46.4 Å². The topological polar surface area (TPSA) is 328 Å². The number of ether oxygens (including phenoxy) is 4. The normalized spacial score (nSPS) is 29.1. The molecule has 4 aliphatic heterocycles. The van der Waals surface area contributed by atoms with Crippen LogP contribution in [0.15, 0.2) is 25.3 Å². The third-order valence-electron chi connectivity index (χ3n) is 10.1. The Morgan fingerprint density at radius 3 is 1.40 bits per heavy atom. The molecule has 8 rings (SSSR count). The quantitative estimate of drug-likeness (QED) is 0.0801. The summed E-state index contributed by atoms with van der Waals surface area (Å²) in [5.74, 6) is -0.938. The average Bonchev–Trinajstić information content (AvgIpc) is 4.02. The van der Waals surface area contributed by atoms with E-state index in [9.17, 15) is 38.1 Å². The van der Waals surface area contributed by atoms with E-state index in [1.807, 2.05) is 27.7 Å². The number of hydrogen-bond donors (Lipinski definition) is 4. The van der Waals surface area contributed by atoms with Gasteiger partial charge in [-0.15, -0.1) is 0 Å². The summed E-state index contributed by atoms with van der Waals surface area (Å²) < 4.78 is 70.2. The molecule has 2 amide bonds. The van der Waals surface area contributed by atoms with Gasteiger partial charge in [0.2, 0.25) is 11.8 Å². The largest absolute Gasteiger partial charge is 0.472 e. The van der Waals surface area contributed by atoms with Gasteiger partial charge in [-0.2, -0.15) is 0 Å². The molecule has 350 valence electrons. The zero-order valence-electron chi connectivity index (χ0n) is 35.8. The number of phosphoric acid groups is 2. The Balaban J connectivity index is 0.000000212. The minimum Gasteiger partial charge on any atom is -0.455 e. The Labute approximate surface area is 400 Å². The second kappa shape index (κ2) is 22.0. The van der Waals surface area contributed by atoms with E-state index in [2.05, 4.69) is 40.5 Å². The zero-order chi connectivity index (χ0) is 45.8. The molecule has 10 unspecified atom stereocenters. The maximum atomic E-state index is 12.3. The van der Waals surface area contributed by atoms with Crippen LogP contribution in [0.1, 0.15) is 91.5 Å². The summed E-state index contributed by atoms with van der Waals surface area (Å²) in [5.41, 5.74) is 1.28. The molecule has 26 nitrogen and oxygen atoms in total. The molecule has 0 bridgehead atoms. The van der Waals surface area contributed by atoms with Gasteiger partial charge in [0.25, 0.3) is 0 Å². The van der Waals surface area contributed by atoms with Crippen LogP contribution >= 0.6 is 15.6 Å². The number of anilines is 2. The number of carbonyl (C=O) groups excluding carboxylic acids is 4. The molecule has 4 N–H and O–H groups in total. The number of aromatic nitrogens is 8. The maximum absolute atomic E-state index is 12.3. The standard InChI is InChI=1S/2C18H24N5O8P.Ca/c2*1-3-5-11(24)22-16-13-17(20-8-19-16)23(9-21-13)18-15(30-12(25)6-4-2)14-10(29-18)7-28-32(26,27)31-14;/h2*8-10,14-15,18H,3-7H2,1-2H3,(H,26,27)(H,19,20,22,24);. The smallest absolute Gasteiger partial charge is 0.455 e. The summed E-state index contributed by atoms with van der Waals surface area (Å²) in [4.78, 5) is 93.3. The van der Waals surface area contributed by atoms with Gasteiger partial charge in [0.05, 0.1) is 25.9 Å². The van der Waals surface area contributed by atoms with E-state index in [-0.39, 0.29) is 87.2 Å². The Bertz CT molecular complexity index is 2300. The van der Waals surface area contributed by atoms with Gasteiger partial charge in [0.1, 0.15) is 37.1 Å². The van der Waals surface area contributed by atoms with Crippen LogP contribution in [-0.4, -0.2) is 160 Å². The first-order valence-corrected chi connectivity index (χ1v) is 23.6. The number of rotatable bonds is 14. The third-order valence-corrected chi connectivity index (χ3v) is 12.0. The minimum atomic E-state index is -4.30. The fourth-order valence-corrected chi connectivity index (χ4v) is 9.19. The molecule has 0 aromatic carbocycles. The van der Waals surface area contributed by atoms with Crippen molar-refractivity contribution in [1.82, 2.24) is 39.0 Å². The fraction of sp³-hybridized carbons (Fsp3) is 0.611. The van der Waals surface area contributed by atoms with Crippen LogP contribution in [0.25, 0.3) is 22.3 Å². The fourth-order valence-electron chi connectivity index (χ4n) is 7.27. The Kier molecular flexibility index (Phi) is 17.2. The van der Waals surface area contributed by atoms with Crippen LogP contribution in [0.2, 0.25) is 0 Å². The second-order valence-corrected chi connectivity index (χ2v) is 17.7. The first-order chi connectivity index (χ1) is 30.6. The summed E-state index contributed by atoms with van der Waals surface area (Å²) in [6.07, 6.45) is 1.28. The first-order valence-electron chi connectivity index (χ1n) is 20.6. The van der Waals surface area contributed by atoms with Crippen LogP contribution in [0, 0.1) is 0 Å². The number of esters is 2. The van der Waals surface area contributed by atoms with Crippen molar-refractivity contribution in [2.45, 2.75) is 128 Å². The van der Waals surface area contributed by atoms with Crippen molar-refractivity contribution in [3.63, 3.8) is 0 Å².